The first-order valence-electron chi connectivity index (χ1n) is 10.6. The summed E-state index contributed by atoms with van der Waals surface area (Å²) in [5.74, 6) is 0.219. The number of aromatic nitrogens is 4. The number of rotatable bonds is 7. The first-order valence-corrected chi connectivity index (χ1v) is 11.4. The Morgan fingerprint density at radius 2 is 2.23 bits per heavy atom. The molecule has 2 aromatic heterocycles. The molecule has 1 unspecified atom stereocenters. The first kappa shape index (κ1) is 21.4. The summed E-state index contributed by atoms with van der Waals surface area (Å²) in [4.78, 5) is 18.9. The molecular weight excluding hydrogens is 419 g/mol. The number of benzene rings is 1. The molecule has 1 aromatic carbocycles. The van der Waals surface area contributed by atoms with Crippen molar-refractivity contribution in [3.8, 4) is 11.5 Å². The number of hydrogen-bond donors (Lipinski definition) is 1. The van der Waals surface area contributed by atoms with Gasteiger partial charge in [-0.2, -0.15) is 4.98 Å². The van der Waals surface area contributed by atoms with Crippen LogP contribution in [-0.2, 0) is 17.6 Å². The van der Waals surface area contributed by atoms with Gasteiger partial charge in [-0.3, -0.25) is 4.79 Å². The molecule has 164 valence electrons. The fraction of sp³-hybridized carbons (Fsp3) is 0.476. The monoisotopic (exact) mass is 444 g/mol. The van der Waals surface area contributed by atoms with Gasteiger partial charge >= 0.3 is 0 Å². The Bertz CT molecular complexity index is 1050. The third kappa shape index (κ3) is 4.90. The summed E-state index contributed by atoms with van der Waals surface area (Å²) in [6, 6.07) is 4.90. The number of carbonyl (C=O) groups excluding carboxylic acids is 1. The lowest BCUT2D eigenvalue weighted by molar-refractivity contribution is -0.120. The van der Waals surface area contributed by atoms with E-state index in [2.05, 4.69) is 25.7 Å². The van der Waals surface area contributed by atoms with Crippen LogP contribution in [0.2, 0.25) is 0 Å². The number of aryl methyl sites for hydroxylation is 2. The summed E-state index contributed by atoms with van der Waals surface area (Å²) in [6.45, 7) is 5.17. The van der Waals surface area contributed by atoms with Crippen LogP contribution in [-0.4, -0.2) is 39.3 Å². The molecule has 4 rings (SSSR count). The van der Waals surface area contributed by atoms with Crippen LogP contribution in [0.3, 0.4) is 0 Å². The number of anilines is 2. The van der Waals surface area contributed by atoms with Crippen LogP contribution in [0.4, 0.5) is 15.2 Å². The predicted molar refractivity (Wildman–Crippen MR) is 117 cm³/mol. The third-order valence-electron chi connectivity index (χ3n) is 5.27. The molecule has 3 heterocycles. The second kappa shape index (κ2) is 9.51. The molecule has 1 N–H and O–H groups in total. The Hall–Kier alpha value is -2.88. The summed E-state index contributed by atoms with van der Waals surface area (Å²) in [7, 11) is 0. The lowest BCUT2D eigenvalue weighted by atomic mass is 9.96. The van der Waals surface area contributed by atoms with Gasteiger partial charge < -0.3 is 14.7 Å². The third-order valence-corrected chi connectivity index (χ3v) is 6.25. The zero-order chi connectivity index (χ0) is 21.8. The molecule has 0 saturated carbocycles. The van der Waals surface area contributed by atoms with E-state index in [4.69, 9.17) is 4.52 Å². The van der Waals surface area contributed by atoms with Gasteiger partial charge in [0.1, 0.15) is 10.8 Å². The molecule has 8 nitrogen and oxygen atoms in total. The number of piperidine rings is 1. The van der Waals surface area contributed by atoms with Gasteiger partial charge in [-0.15, -0.1) is 10.2 Å². The van der Waals surface area contributed by atoms with E-state index >= 15 is 0 Å². The average Bonchev–Trinajstić information content (AvgIpc) is 3.43. The minimum atomic E-state index is -0.370. The molecule has 1 aliphatic heterocycles. The van der Waals surface area contributed by atoms with Gasteiger partial charge in [-0.05, 0) is 43.9 Å². The molecule has 3 aromatic rings. The molecule has 1 atom stereocenters. The maximum Gasteiger partial charge on any atom is 0.258 e. The number of nitrogens with one attached hydrogen (secondary N) is 1. The van der Waals surface area contributed by atoms with Crippen molar-refractivity contribution < 1.29 is 13.7 Å². The largest absolute Gasteiger partial charge is 0.368 e. The first-order chi connectivity index (χ1) is 15.1. The molecule has 1 amide bonds. The highest BCUT2D eigenvalue weighted by atomic mass is 32.1. The molecule has 1 aliphatic rings. The van der Waals surface area contributed by atoms with Crippen molar-refractivity contribution in [3.63, 3.8) is 0 Å². The van der Waals surface area contributed by atoms with Crippen LogP contribution < -0.4 is 10.2 Å². The van der Waals surface area contributed by atoms with Crippen molar-refractivity contribution in [1.29, 1.82) is 0 Å². The summed E-state index contributed by atoms with van der Waals surface area (Å²) >= 11 is 1.38. The Balaban J connectivity index is 1.44. The van der Waals surface area contributed by atoms with Crippen LogP contribution in [0, 0.1) is 11.7 Å². The molecular formula is C21H25FN6O2S. The van der Waals surface area contributed by atoms with Crippen molar-refractivity contribution in [2.24, 2.45) is 5.92 Å². The minimum Gasteiger partial charge on any atom is -0.368 e. The fourth-order valence-electron chi connectivity index (χ4n) is 3.66. The molecule has 0 radical (unpaired) electrons. The summed E-state index contributed by atoms with van der Waals surface area (Å²) < 4.78 is 20.2. The zero-order valence-corrected chi connectivity index (χ0v) is 18.4. The van der Waals surface area contributed by atoms with Gasteiger partial charge in [0.05, 0.1) is 11.6 Å². The number of hydrogen-bond acceptors (Lipinski definition) is 8. The highest BCUT2D eigenvalue weighted by Gasteiger charge is 2.28. The Kier molecular flexibility index (Phi) is 6.55. The molecule has 1 saturated heterocycles. The van der Waals surface area contributed by atoms with E-state index in [0.717, 1.165) is 37.1 Å². The maximum atomic E-state index is 14.9. The maximum absolute atomic E-state index is 14.9. The van der Waals surface area contributed by atoms with Gasteiger partial charge in [0, 0.05) is 25.1 Å². The number of halogens is 1. The van der Waals surface area contributed by atoms with E-state index in [1.165, 1.54) is 17.4 Å². The Morgan fingerprint density at radius 1 is 1.35 bits per heavy atom. The summed E-state index contributed by atoms with van der Waals surface area (Å²) in [5, 5.41) is 16.2. The number of nitrogens with zero attached hydrogens (tertiary/aromatic N) is 5. The minimum absolute atomic E-state index is 0.102. The van der Waals surface area contributed by atoms with Gasteiger partial charge in [-0.25, -0.2) is 4.39 Å². The number of amides is 1. The van der Waals surface area contributed by atoms with E-state index in [0.29, 0.717) is 41.2 Å². The lowest BCUT2D eigenvalue weighted by Gasteiger charge is -2.33. The van der Waals surface area contributed by atoms with Crippen molar-refractivity contribution in [2.75, 3.05) is 23.3 Å². The average molecular weight is 445 g/mol. The molecule has 31 heavy (non-hydrogen) atoms. The highest BCUT2D eigenvalue weighted by Crippen LogP contribution is 2.30. The van der Waals surface area contributed by atoms with Crippen LogP contribution >= 0.6 is 11.3 Å². The van der Waals surface area contributed by atoms with Crippen molar-refractivity contribution in [1.82, 2.24) is 20.3 Å². The van der Waals surface area contributed by atoms with E-state index in [1.54, 1.807) is 12.1 Å². The van der Waals surface area contributed by atoms with Crippen LogP contribution in [0.25, 0.3) is 11.5 Å². The fourth-order valence-corrected chi connectivity index (χ4v) is 4.34. The normalized spacial score (nSPS) is 16.5. The van der Waals surface area contributed by atoms with Crippen molar-refractivity contribution in [2.45, 2.75) is 46.0 Å². The molecule has 0 aliphatic carbocycles. The van der Waals surface area contributed by atoms with Gasteiger partial charge in [-0.1, -0.05) is 30.3 Å². The SMILES string of the molecule is CCCc1noc(-c2ccc(N3CCCC(C(=O)Nc4nnc(CC)s4)C3)c(F)c2)n1. The van der Waals surface area contributed by atoms with Crippen molar-refractivity contribution >= 4 is 28.1 Å². The van der Waals surface area contributed by atoms with Gasteiger partial charge in [0.15, 0.2) is 5.82 Å². The lowest BCUT2D eigenvalue weighted by Crippen LogP contribution is -2.41. The number of carbonyl (C=O) groups is 1. The molecule has 0 bridgehead atoms. The highest BCUT2D eigenvalue weighted by molar-refractivity contribution is 7.15. The van der Waals surface area contributed by atoms with Crippen LogP contribution in [0.5, 0.6) is 0 Å². The summed E-state index contributed by atoms with van der Waals surface area (Å²) in [5.41, 5.74) is 1.02. The predicted octanol–water partition coefficient (Wildman–Crippen LogP) is 4.10. The quantitative estimate of drug-likeness (QED) is 0.586. The molecule has 0 spiro atoms. The van der Waals surface area contributed by atoms with E-state index in [1.807, 2.05) is 18.7 Å². The van der Waals surface area contributed by atoms with E-state index in [9.17, 15) is 9.18 Å². The topological polar surface area (TPSA) is 97.0 Å². The second-order valence-corrected chi connectivity index (χ2v) is 8.62. The smallest absolute Gasteiger partial charge is 0.258 e. The van der Waals surface area contributed by atoms with Crippen LogP contribution in [0.1, 0.15) is 43.9 Å². The van der Waals surface area contributed by atoms with E-state index in [-0.39, 0.29) is 17.6 Å². The molecule has 10 heteroatoms. The Labute approximate surface area is 183 Å². The standard InChI is InChI=1S/C21H25FN6O2S/c1-3-6-17-23-20(30-27-17)13-8-9-16(15(22)11-13)28-10-5-7-14(12-28)19(29)24-21-26-25-18(4-2)31-21/h8-9,11,14H,3-7,10,12H2,1-2H3,(H,24,26,29). The van der Waals surface area contributed by atoms with Crippen LogP contribution in [0.15, 0.2) is 22.7 Å². The Morgan fingerprint density at radius 3 is 2.97 bits per heavy atom. The summed E-state index contributed by atoms with van der Waals surface area (Å²) in [6.07, 6.45) is 3.97. The van der Waals surface area contributed by atoms with Gasteiger partial charge in [0.25, 0.3) is 5.89 Å². The van der Waals surface area contributed by atoms with E-state index < -0.39 is 0 Å². The molecule has 1 fully saturated rings. The van der Waals surface area contributed by atoms with Gasteiger partial charge in [0.2, 0.25) is 11.0 Å². The zero-order valence-electron chi connectivity index (χ0n) is 17.6. The second-order valence-electron chi connectivity index (χ2n) is 7.56. The van der Waals surface area contributed by atoms with Crippen molar-refractivity contribution in [3.05, 3.63) is 34.8 Å².